The molecule has 1 aromatic rings. The molecule has 7 heteroatoms. The van der Waals surface area contributed by atoms with Gasteiger partial charge in [0.15, 0.2) is 0 Å². The number of piperazine rings is 1. The lowest BCUT2D eigenvalue weighted by atomic mass is 9.97. The summed E-state index contributed by atoms with van der Waals surface area (Å²) in [5.41, 5.74) is 9.05. The predicted molar refractivity (Wildman–Crippen MR) is 144 cm³/mol. The standard InChI is InChI=1S/C27H41BrN4O2/c1-5-25-18-31(19-27(33)15-23(16-29)21(3)34-4)12-13-32(25)26-8-10-30(11-9-26)17-22-6-7-24(28)14-20(22)2/h6-7,14-16,25-26,33H,3,5,8-13,17-19,29H2,1-2,4H3/b23-16+,27-15+. The number of ether oxygens (including phenoxy) is 1. The van der Waals surface area contributed by atoms with E-state index in [1.165, 1.54) is 30.2 Å². The third-order valence-corrected chi connectivity index (χ3v) is 7.76. The van der Waals surface area contributed by atoms with Gasteiger partial charge in [0.1, 0.15) is 11.5 Å². The summed E-state index contributed by atoms with van der Waals surface area (Å²) < 4.78 is 6.29. The molecule has 34 heavy (non-hydrogen) atoms. The molecule has 2 aliphatic heterocycles. The molecule has 0 amide bonds. The van der Waals surface area contributed by atoms with Crippen molar-refractivity contribution >= 4 is 15.9 Å². The molecule has 6 nitrogen and oxygen atoms in total. The van der Waals surface area contributed by atoms with Crippen LogP contribution in [0.15, 0.2) is 58.6 Å². The van der Waals surface area contributed by atoms with E-state index in [1.54, 1.807) is 13.2 Å². The fourth-order valence-corrected chi connectivity index (χ4v) is 5.68. The molecule has 2 saturated heterocycles. The van der Waals surface area contributed by atoms with E-state index in [4.69, 9.17) is 10.5 Å². The third-order valence-electron chi connectivity index (χ3n) is 7.26. The van der Waals surface area contributed by atoms with Crippen molar-refractivity contribution in [1.29, 1.82) is 0 Å². The summed E-state index contributed by atoms with van der Waals surface area (Å²) in [7, 11) is 1.55. The molecule has 2 heterocycles. The molecule has 3 N–H and O–H groups in total. The molecule has 0 radical (unpaired) electrons. The number of methoxy groups -OCH3 is 1. The topological polar surface area (TPSA) is 65.2 Å². The summed E-state index contributed by atoms with van der Waals surface area (Å²) in [5, 5.41) is 10.5. The van der Waals surface area contributed by atoms with Gasteiger partial charge >= 0.3 is 0 Å². The Balaban J connectivity index is 1.51. The van der Waals surface area contributed by atoms with Crippen molar-refractivity contribution in [2.24, 2.45) is 5.73 Å². The Kier molecular flexibility index (Phi) is 10.1. The first-order valence-electron chi connectivity index (χ1n) is 12.3. The van der Waals surface area contributed by atoms with Crippen LogP contribution in [0, 0.1) is 6.92 Å². The molecule has 0 saturated carbocycles. The summed E-state index contributed by atoms with van der Waals surface area (Å²) in [5.74, 6) is 0.738. The number of hydrogen-bond donors (Lipinski definition) is 2. The van der Waals surface area contributed by atoms with Crippen LogP contribution in [0.25, 0.3) is 0 Å². The van der Waals surface area contributed by atoms with E-state index in [2.05, 4.69) is 69.3 Å². The van der Waals surface area contributed by atoms with Crippen molar-refractivity contribution in [3.8, 4) is 0 Å². The molecule has 0 bridgehead atoms. The fraction of sp³-hybridized carbons (Fsp3) is 0.556. The average Bonchev–Trinajstić information content (AvgIpc) is 2.84. The van der Waals surface area contributed by atoms with Gasteiger partial charge in [0.25, 0.3) is 0 Å². The number of aryl methyl sites for hydroxylation is 1. The number of halogens is 1. The summed E-state index contributed by atoms with van der Waals surface area (Å²) in [6.07, 6.45) is 6.64. The van der Waals surface area contributed by atoms with E-state index in [1.807, 2.05) is 0 Å². The molecular formula is C27H41BrN4O2. The first-order chi connectivity index (χ1) is 16.3. The number of allylic oxidation sites excluding steroid dienone is 1. The van der Waals surface area contributed by atoms with Gasteiger partial charge in [-0.05, 0) is 68.6 Å². The monoisotopic (exact) mass is 532 g/mol. The Morgan fingerprint density at radius 1 is 1.24 bits per heavy atom. The van der Waals surface area contributed by atoms with Crippen molar-refractivity contribution in [2.45, 2.75) is 51.7 Å². The van der Waals surface area contributed by atoms with Crippen molar-refractivity contribution in [3.05, 3.63) is 69.7 Å². The molecule has 0 spiro atoms. The third kappa shape index (κ3) is 7.11. The Bertz CT molecular complexity index is 893. The van der Waals surface area contributed by atoms with Crippen molar-refractivity contribution in [2.75, 3.05) is 46.4 Å². The van der Waals surface area contributed by atoms with Gasteiger partial charge in [-0.25, -0.2) is 0 Å². The SMILES string of the molecule is C=C(OC)C(/C=C(/O)CN1CCN(C2CCN(Cc3ccc(Br)cc3C)CC2)C(CC)C1)=C/N. The number of likely N-dealkylation sites (tertiary alicyclic amines) is 1. The molecule has 2 aliphatic rings. The summed E-state index contributed by atoms with van der Waals surface area (Å²) in [6.45, 7) is 15.1. The minimum absolute atomic E-state index is 0.287. The van der Waals surface area contributed by atoms with Crippen molar-refractivity contribution in [1.82, 2.24) is 14.7 Å². The van der Waals surface area contributed by atoms with Crippen LogP contribution in [0.5, 0.6) is 0 Å². The summed E-state index contributed by atoms with van der Waals surface area (Å²) in [4.78, 5) is 7.67. The van der Waals surface area contributed by atoms with Crippen molar-refractivity contribution < 1.29 is 9.84 Å². The van der Waals surface area contributed by atoms with Gasteiger partial charge in [-0.15, -0.1) is 0 Å². The zero-order chi connectivity index (χ0) is 24.7. The van der Waals surface area contributed by atoms with Crippen LogP contribution in [0.3, 0.4) is 0 Å². The summed E-state index contributed by atoms with van der Waals surface area (Å²) in [6, 6.07) is 7.77. The van der Waals surface area contributed by atoms with E-state index < -0.39 is 0 Å². The second-order valence-electron chi connectivity index (χ2n) is 9.50. The van der Waals surface area contributed by atoms with Crippen LogP contribution in [0.2, 0.25) is 0 Å². The lowest BCUT2D eigenvalue weighted by Gasteiger charge is -2.47. The smallest absolute Gasteiger partial charge is 0.120 e. The number of nitrogens with two attached hydrogens (primary N) is 1. The Morgan fingerprint density at radius 3 is 2.59 bits per heavy atom. The van der Waals surface area contributed by atoms with Crippen LogP contribution in [0.1, 0.15) is 37.3 Å². The largest absolute Gasteiger partial charge is 0.511 e. The Labute approximate surface area is 213 Å². The molecule has 3 rings (SSSR count). The van der Waals surface area contributed by atoms with Gasteiger partial charge in [-0.1, -0.05) is 35.5 Å². The predicted octanol–water partition coefficient (Wildman–Crippen LogP) is 4.56. The van der Waals surface area contributed by atoms with Crippen LogP contribution in [0.4, 0.5) is 0 Å². The van der Waals surface area contributed by atoms with Gasteiger partial charge < -0.3 is 15.6 Å². The second-order valence-corrected chi connectivity index (χ2v) is 10.4. The normalized spacial score (nSPS) is 22.2. The highest BCUT2D eigenvalue weighted by Crippen LogP contribution is 2.25. The zero-order valence-electron chi connectivity index (χ0n) is 21.0. The highest BCUT2D eigenvalue weighted by atomic mass is 79.9. The van der Waals surface area contributed by atoms with Gasteiger partial charge in [-0.2, -0.15) is 0 Å². The van der Waals surface area contributed by atoms with Crippen LogP contribution >= 0.6 is 15.9 Å². The fourth-order valence-electron chi connectivity index (χ4n) is 5.20. The van der Waals surface area contributed by atoms with Crippen LogP contribution < -0.4 is 5.73 Å². The lowest BCUT2D eigenvalue weighted by Crippen LogP contribution is -2.58. The molecule has 1 aromatic carbocycles. The van der Waals surface area contributed by atoms with E-state index in [9.17, 15) is 5.11 Å². The maximum atomic E-state index is 10.5. The number of rotatable bonds is 9. The molecule has 1 atom stereocenters. The summed E-state index contributed by atoms with van der Waals surface area (Å²) >= 11 is 3.57. The zero-order valence-corrected chi connectivity index (χ0v) is 22.6. The quantitative estimate of drug-likeness (QED) is 0.359. The van der Waals surface area contributed by atoms with Gasteiger partial charge in [0, 0.05) is 54.5 Å². The highest BCUT2D eigenvalue weighted by Gasteiger charge is 2.33. The molecule has 188 valence electrons. The number of hydrogen-bond acceptors (Lipinski definition) is 6. The van der Waals surface area contributed by atoms with Crippen LogP contribution in [-0.4, -0.2) is 78.3 Å². The first kappa shape index (κ1) is 26.8. The van der Waals surface area contributed by atoms with E-state index in [0.29, 0.717) is 30.0 Å². The molecule has 2 fully saturated rings. The number of benzene rings is 1. The minimum atomic E-state index is 0.287. The molecule has 0 aromatic heterocycles. The molecule has 1 unspecified atom stereocenters. The van der Waals surface area contributed by atoms with Gasteiger partial charge in [0.2, 0.25) is 0 Å². The number of piperidine rings is 1. The number of nitrogens with zero attached hydrogens (tertiary/aromatic N) is 3. The molecule has 0 aliphatic carbocycles. The Hall–Kier alpha value is -1.80. The van der Waals surface area contributed by atoms with E-state index in [-0.39, 0.29) is 5.76 Å². The van der Waals surface area contributed by atoms with Gasteiger partial charge in [-0.3, -0.25) is 14.7 Å². The molecular weight excluding hydrogens is 492 g/mol. The van der Waals surface area contributed by atoms with E-state index >= 15 is 0 Å². The maximum Gasteiger partial charge on any atom is 0.120 e. The highest BCUT2D eigenvalue weighted by molar-refractivity contribution is 9.10. The first-order valence-corrected chi connectivity index (χ1v) is 13.1. The van der Waals surface area contributed by atoms with E-state index in [0.717, 1.165) is 50.2 Å². The van der Waals surface area contributed by atoms with Gasteiger partial charge in [0.05, 0.1) is 13.7 Å². The maximum absolute atomic E-state index is 10.5. The Morgan fingerprint density at radius 2 is 1.97 bits per heavy atom. The lowest BCUT2D eigenvalue weighted by molar-refractivity contribution is 0.0127. The average molecular weight is 534 g/mol. The second kappa shape index (κ2) is 12.8. The van der Waals surface area contributed by atoms with Crippen LogP contribution in [-0.2, 0) is 11.3 Å². The van der Waals surface area contributed by atoms with Crippen molar-refractivity contribution in [3.63, 3.8) is 0 Å². The number of aliphatic hydroxyl groups excluding tert-OH is 1. The number of aliphatic hydroxyl groups is 1. The minimum Gasteiger partial charge on any atom is -0.511 e.